The van der Waals surface area contributed by atoms with Crippen molar-refractivity contribution in [2.45, 2.75) is 26.1 Å². The Labute approximate surface area is 162 Å². The van der Waals surface area contributed by atoms with Crippen LogP contribution in [0.15, 0.2) is 48.5 Å². The van der Waals surface area contributed by atoms with Crippen molar-refractivity contribution in [1.29, 1.82) is 5.26 Å². The van der Waals surface area contributed by atoms with Gasteiger partial charge in [-0.15, -0.1) is 10.2 Å². The van der Waals surface area contributed by atoms with Crippen LogP contribution in [0.2, 0.25) is 0 Å². The molecule has 1 atom stereocenters. The number of nitriles is 1. The summed E-state index contributed by atoms with van der Waals surface area (Å²) in [4.78, 5) is 14.8. The Bertz CT molecular complexity index is 1070. The third-order valence-corrected chi connectivity index (χ3v) is 4.94. The lowest BCUT2D eigenvalue weighted by Gasteiger charge is -2.32. The molecule has 0 N–H and O–H groups in total. The van der Waals surface area contributed by atoms with Gasteiger partial charge in [-0.2, -0.15) is 5.26 Å². The fourth-order valence-corrected chi connectivity index (χ4v) is 3.47. The Morgan fingerprint density at radius 2 is 2.00 bits per heavy atom. The van der Waals surface area contributed by atoms with Crippen LogP contribution in [0.4, 0.5) is 0 Å². The van der Waals surface area contributed by atoms with Gasteiger partial charge in [0.2, 0.25) is 5.91 Å². The minimum atomic E-state index is -0.419. The lowest BCUT2D eigenvalue weighted by molar-refractivity contribution is -0.137. The zero-order valence-corrected chi connectivity index (χ0v) is 15.7. The quantitative estimate of drug-likeness (QED) is 0.702. The van der Waals surface area contributed by atoms with Gasteiger partial charge in [0.15, 0.2) is 11.6 Å². The first-order valence-electron chi connectivity index (χ1n) is 8.96. The minimum Gasteiger partial charge on any atom is -0.497 e. The van der Waals surface area contributed by atoms with Gasteiger partial charge in [-0.25, -0.2) is 0 Å². The molecule has 1 aromatic heterocycles. The number of rotatable bonds is 4. The van der Waals surface area contributed by atoms with Crippen molar-refractivity contribution in [2.75, 3.05) is 7.11 Å². The number of nitrogens with zero attached hydrogens (tertiary/aromatic N) is 5. The maximum Gasteiger partial charge on any atom is 0.246 e. The second-order valence-electron chi connectivity index (χ2n) is 6.72. The molecule has 0 aliphatic carbocycles. The standard InChI is InChI=1S/C21H19N5O2/c1-14-21(27)25(12-15-6-8-18(28-2)9-7-15)13-19-23-24-20(26(14)19)17-5-3-4-16(10-17)11-22/h3-10,14H,12-13H2,1-2H3/t14-/m0/s1. The third-order valence-electron chi connectivity index (χ3n) is 4.94. The molecule has 140 valence electrons. The average molecular weight is 373 g/mol. The summed E-state index contributed by atoms with van der Waals surface area (Å²) < 4.78 is 7.05. The highest BCUT2D eigenvalue weighted by Gasteiger charge is 2.33. The lowest BCUT2D eigenvalue weighted by atomic mass is 10.1. The molecule has 0 saturated carbocycles. The van der Waals surface area contributed by atoms with E-state index in [1.807, 2.05) is 41.8 Å². The number of methoxy groups -OCH3 is 1. The minimum absolute atomic E-state index is 0.0146. The van der Waals surface area contributed by atoms with E-state index in [0.29, 0.717) is 24.5 Å². The highest BCUT2D eigenvalue weighted by molar-refractivity contribution is 5.82. The molecule has 0 unspecified atom stereocenters. The predicted octanol–water partition coefficient (Wildman–Crippen LogP) is 2.93. The van der Waals surface area contributed by atoms with Crippen LogP contribution in [0, 0.1) is 11.3 Å². The Morgan fingerprint density at radius 1 is 1.21 bits per heavy atom. The van der Waals surface area contributed by atoms with Gasteiger partial charge in [0, 0.05) is 12.1 Å². The molecule has 0 fully saturated rings. The third kappa shape index (κ3) is 3.09. The molecule has 1 aliphatic heterocycles. The van der Waals surface area contributed by atoms with Crippen LogP contribution >= 0.6 is 0 Å². The second-order valence-corrected chi connectivity index (χ2v) is 6.72. The summed E-state index contributed by atoms with van der Waals surface area (Å²) in [5, 5.41) is 17.7. The van der Waals surface area contributed by atoms with Crippen molar-refractivity contribution in [3.05, 3.63) is 65.5 Å². The highest BCUT2D eigenvalue weighted by Crippen LogP contribution is 2.29. The van der Waals surface area contributed by atoms with Crippen LogP contribution in [0.5, 0.6) is 5.75 Å². The van der Waals surface area contributed by atoms with E-state index in [-0.39, 0.29) is 5.91 Å². The summed E-state index contributed by atoms with van der Waals surface area (Å²) in [7, 11) is 1.63. The molecule has 7 nitrogen and oxygen atoms in total. The molecule has 28 heavy (non-hydrogen) atoms. The molecule has 0 radical (unpaired) electrons. The molecule has 0 saturated heterocycles. The van der Waals surface area contributed by atoms with E-state index in [1.54, 1.807) is 30.2 Å². The van der Waals surface area contributed by atoms with E-state index in [2.05, 4.69) is 16.3 Å². The van der Waals surface area contributed by atoms with Crippen LogP contribution in [-0.2, 0) is 17.9 Å². The maximum atomic E-state index is 13.0. The number of fused-ring (bicyclic) bond motifs is 1. The van der Waals surface area contributed by atoms with E-state index in [0.717, 1.165) is 22.7 Å². The highest BCUT2D eigenvalue weighted by atomic mass is 16.5. The fourth-order valence-electron chi connectivity index (χ4n) is 3.47. The fraction of sp³-hybridized carbons (Fsp3) is 0.238. The van der Waals surface area contributed by atoms with Crippen LogP contribution in [0.1, 0.15) is 29.9 Å². The van der Waals surface area contributed by atoms with Crippen molar-refractivity contribution in [2.24, 2.45) is 0 Å². The summed E-state index contributed by atoms with van der Waals surface area (Å²) in [5.74, 6) is 2.14. The van der Waals surface area contributed by atoms with Crippen LogP contribution in [-0.4, -0.2) is 32.7 Å². The zero-order valence-electron chi connectivity index (χ0n) is 15.7. The molecule has 4 rings (SSSR count). The van der Waals surface area contributed by atoms with E-state index in [1.165, 1.54) is 0 Å². The number of ether oxygens (including phenoxy) is 1. The number of benzene rings is 2. The van der Waals surface area contributed by atoms with Gasteiger partial charge in [-0.3, -0.25) is 9.36 Å². The van der Waals surface area contributed by atoms with Crippen molar-refractivity contribution in [3.63, 3.8) is 0 Å². The van der Waals surface area contributed by atoms with Crippen molar-refractivity contribution in [1.82, 2.24) is 19.7 Å². The monoisotopic (exact) mass is 373 g/mol. The SMILES string of the molecule is COc1ccc(CN2Cc3nnc(-c4cccc(C#N)c4)n3[C@@H](C)C2=O)cc1. The van der Waals surface area contributed by atoms with Gasteiger partial charge in [-0.05, 0) is 36.8 Å². The average Bonchev–Trinajstić information content (AvgIpc) is 3.16. The first-order chi connectivity index (χ1) is 13.6. The van der Waals surface area contributed by atoms with Gasteiger partial charge >= 0.3 is 0 Å². The van der Waals surface area contributed by atoms with Crippen LogP contribution in [0.25, 0.3) is 11.4 Å². The van der Waals surface area contributed by atoms with E-state index in [9.17, 15) is 4.79 Å². The second kappa shape index (κ2) is 7.16. The topological polar surface area (TPSA) is 84.0 Å². The van der Waals surface area contributed by atoms with Crippen LogP contribution in [0.3, 0.4) is 0 Å². The maximum absolute atomic E-state index is 13.0. The number of hydrogen-bond donors (Lipinski definition) is 0. The molecular weight excluding hydrogens is 354 g/mol. The molecule has 7 heteroatoms. The summed E-state index contributed by atoms with van der Waals surface area (Å²) in [5.41, 5.74) is 2.35. The summed E-state index contributed by atoms with van der Waals surface area (Å²) in [6.45, 7) is 2.74. The smallest absolute Gasteiger partial charge is 0.246 e. The van der Waals surface area contributed by atoms with Gasteiger partial charge in [0.1, 0.15) is 11.8 Å². The number of carbonyl (C=O) groups excluding carboxylic acids is 1. The largest absolute Gasteiger partial charge is 0.497 e. The Kier molecular flexibility index (Phi) is 4.53. The van der Waals surface area contributed by atoms with Gasteiger partial charge < -0.3 is 9.64 Å². The summed E-state index contributed by atoms with van der Waals surface area (Å²) in [6, 6.07) is 16.6. The first kappa shape index (κ1) is 17.7. The number of hydrogen-bond acceptors (Lipinski definition) is 5. The Hall–Kier alpha value is -3.66. The van der Waals surface area contributed by atoms with E-state index < -0.39 is 6.04 Å². The molecule has 0 spiro atoms. The molecule has 1 amide bonds. The molecule has 1 aliphatic rings. The van der Waals surface area contributed by atoms with Crippen molar-refractivity contribution < 1.29 is 9.53 Å². The number of aromatic nitrogens is 3. The van der Waals surface area contributed by atoms with Crippen molar-refractivity contribution >= 4 is 5.91 Å². The van der Waals surface area contributed by atoms with Crippen LogP contribution < -0.4 is 4.74 Å². The van der Waals surface area contributed by atoms with Gasteiger partial charge in [0.05, 0.1) is 25.3 Å². The van der Waals surface area contributed by atoms with Gasteiger partial charge in [-0.1, -0.05) is 24.3 Å². The normalized spacial score (nSPS) is 15.8. The Balaban J connectivity index is 1.63. The van der Waals surface area contributed by atoms with Gasteiger partial charge in [0.25, 0.3) is 0 Å². The lowest BCUT2D eigenvalue weighted by Crippen LogP contribution is -2.41. The summed E-state index contributed by atoms with van der Waals surface area (Å²) in [6.07, 6.45) is 0. The predicted molar refractivity (Wildman–Crippen MR) is 102 cm³/mol. The van der Waals surface area contributed by atoms with E-state index >= 15 is 0 Å². The molecule has 2 aromatic carbocycles. The number of amides is 1. The zero-order chi connectivity index (χ0) is 19.7. The van der Waals surface area contributed by atoms with E-state index in [4.69, 9.17) is 10.00 Å². The molecule has 2 heterocycles. The molecule has 3 aromatic rings. The Morgan fingerprint density at radius 3 is 2.71 bits per heavy atom. The summed E-state index contributed by atoms with van der Waals surface area (Å²) >= 11 is 0. The first-order valence-corrected chi connectivity index (χ1v) is 8.96. The molecular formula is C21H19N5O2. The van der Waals surface area contributed by atoms with Crippen molar-refractivity contribution in [3.8, 4) is 23.2 Å². The number of carbonyl (C=O) groups is 1. The molecule has 0 bridgehead atoms.